The van der Waals surface area contributed by atoms with Gasteiger partial charge in [0.15, 0.2) is 24.6 Å². The predicted octanol–water partition coefficient (Wildman–Crippen LogP) is 4.53. The van der Waals surface area contributed by atoms with Crippen molar-refractivity contribution < 1.29 is 27.9 Å². The molecule has 258 valence electrons. The van der Waals surface area contributed by atoms with Gasteiger partial charge in [-0.05, 0) is 96.1 Å². The number of aryl methyl sites for hydroxylation is 2. The number of benzene rings is 3. The van der Waals surface area contributed by atoms with Gasteiger partial charge < -0.3 is 9.47 Å². The minimum atomic E-state index is -0.405. The van der Waals surface area contributed by atoms with Crippen molar-refractivity contribution >= 4 is 35.5 Å². The molecule has 0 saturated carbocycles. The molecular weight excluding hydrogens is 656 g/mol. The normalized spacial score (nSPS) is 11.4. The van der Waals surface area contributed by atoms with Crippen LogP contribution in [-0.4, -0.2) is 33.4 Å². The number of aromatic nitrogens is 4. The molecule has 7 aromatic rings. The number of nitrogens with one attached hydrogen (secondary N) is 2. The zero-order chi connectivity index (χ0) is 35.9. The molecule has 4 heterocycles. The maximum Gasteiger partial charge on any atom is 0.286 e. The SMILES string of the molecule is Cn1c(COc2ccc(C=NNC(=O)c3ccc(C(=O)NN=Cc4ccc(OCc5c[n+]6ccccc6n5C)cc4)cc3)cc2)c[n+]2ccccc12. The van der Waals surface area contributed by atoms with Gasteiger partial charge in [0.05, 0.1) is 38.9 Å². The first-order valence-corrected chi connectivity index (χ1v) is 16.5. The smallest absolute Gasteiger partial charge is 0.286 e. The summed E-state index contributed by atoms with van der Waals surface area (Å²) in [4.78, 5) is 25.2. The lowest BCUT2D eigenvalue weighted by atomic mass is 10.1. The first kappa shape index (κ1) is 33.4. The molecule has 12 nitrogen and oxygen atoms in total. The molecule has 0 spiro atoms. The van der Waals surface area contributed by atoms with E-state index in [1.807, 2.05) is 112 Å². The van der Waals surface area contributed by atoms with E-state index in [1.165, 1.54) is 0 Å². The first-order chi connectivity index (χ1) is 25.4. The number of imidazole rings is 2. The number of fused-ring (bicyclic) bond motifs is 2. The third-order valence-electron chi connectivity index (χ3n) is 8.56. The Kier molecular flexibility index (Phi) is 9.78. The molecule has 0 aliphatic rings. The summed E-state index contributed by atoms with van der Waals surface area (Å²) in [6.45, 7) is 0.849. The van der Waals surface area contributed by atoms with Crippen LogP contribution < -0.4 is 29.1 Å². The van der Waals surface area contributed by atoms with E-state index in [2.05, 4.69) is 51.1 Å². The van der Waals surface area contributed by atoms with E-state index in [-0.39, 0.29) is 0 Å². The topological polar surface area (TPSA) is 119 Å². The van der Waals surface area contributed by atoms with Crippen LogP contribution in [0.15, 0.2) is 144 Å². The zero-order valence-electron chi connectivity index (χ0n) is 28.6. The minimum absolute atomic E-state index is 0.355. The number of amides is 2. The predicted molar refractivity (Wildman–Crippen MR) is 195 cm³/mol. The standard InChI is InChI=1S/C40H34N8O4/c1-45-33(25-47-21-5-3-7-37(45)47)27-51-35-17-9-29(10-18-35)23-41-43-39(49)31-13-15-32(16-14-31)40(50)44-42-24-30-11-19-36(20-12-30)52-28-34-26-48-22-6-4-8-38(48)46(34)2/h3-26H,27-28H2,1-2H3/p+2. The molecule has 0 aliphatic carbocycles. The summed E-state index contributed by atoms with van der Waals surface area (Å²) in [6, 6.07) is 33.1. The van der Waals surface area contributed by atoms with E-state index in [1.54, 1.807) is 36.7 Å². The summed E-state index contributed by atoms with van der Waals surface area (Å²) < 4.78 is 20.2. The average Bonchev–Trinajstić information content (AvgIpc) is 3.68. The summed E-state index contributed by atoms with van der Waals surface area (Å²) >= 11 is 0. The fraction of sp³-hybridized carbons (Fsp3) is 0.100. The number of carbonyl (C=O) groups is 2. The summed E-state index contributed by atoms with van der Waals surface area (Å²) in [5, 5.41) is 8.13. The van der Waals surface area contributed by atoms with Crippen molar-refractivity contribution in [3.63, 3.8) is 0 Å². The van der Waals surface area contributed by atoms with Crippen molar-refractivity contribution in [2.75, 3.05) is 0 Å². The first-order valence-electron chi connectivity index (χ1n) is 16.5. The van der Waals surface area contributed by atoms with Gasteiger partial charge >= 0.3 is 0 Å². The quantitative estimate of drug-likeness (QED) is 0.111. The number of pyridine rings is 2. The molecule has 4 aromatic heterocycles. The second-order valence-electron chi connectivity index (χ2n) is 12.0. The lowest BCUT2D eigenvalue weighted by Crippen LogP contribution is -2.19. The molecule has 7 rings (SSSR count). The Morgan fingerprint density at radius 1 is 0.596 bits per heavy atom. The number of hydrogen-bond donors (Lipinski definition) is 2. The third-order valence-corrected chi connectivity index (χ3v) is 8.56. The summed E-state index contributed by atoms with van der Waals surface area (Å²) in [7, 11) is 4.02. The highest BCUT2D eigenvalue weighted by molar-refractivity contribution is 5.98. The lowest BCUT2D eigenvalue weighted by Gasteiger charge is -2.05. The van der Waals surface area contributed by atoms with E-state index in [4.69, 9.17) is 9.47 Å². The number of hydrazone groups is 2. The number of ether oxygens (including phenoxy) is 2. The fourth-order valence-electron chi connectivity index (χ4n) is 5.59. The molecule has 52 heavy (non-hydrogen) atoms. The van der Waals surface area contributed by atoms with Crippen molar-refractivity contribution in [3.05, 3.63) is 168 Å². The van der Waals surface area contributed by atoms with E-state index < -0.39 is 11.8 Å². The number of nitrogens with zero attached hydrogens (tertiary/aromatic N) is 6. The summed E-state index contributed by atoms with van der Waals surface area (Å²) in [6.07, 6.45) is 11.2. The Morgan fingerprint density at radius 2 is 1.00 bits per heavy atom. The highest BCUT2D eigenvalue weighted by Crippen LogP contribution is 2.16. The van der Waals surface area contributed by atoms with Gasteiger partial charge in [-0.3, -0.25) is 9.59 Å². The van der Waals surface area contributed by atoms with E-state index in [9.17, 15) is 9.59 Å². The highest BCUT2D eigenvalue weighted by atomic mass is 16.5. The van der Waals surface area contributed by atoms with Crippen LogP contribution in [0, 0.1) is 0 Å². The van der Waals surface area contributed by atoms with Gasteiger partial charge in [0, 0.05) is 23.3 Å². The van der Waals surface area contributed by atoms with Crippen LogP contribution >= 0.6 is 0 Å². The molecule has 0 unspecified atom stereocenters. The van der Waals surface area contributed by atoms with Crippen LogP contribution in [-0.2, 0) is 27.3 Å². The molecule has 0 atom stereocenters. The van der Waals surface area contributed by atoms with Crippen LogP contribution in [0.4, 0.5) is 0 Å². The van der Waals surface area contributed by atoms with Gasteiger partial charge in [0.2, 0.25) is 0 Å². The van der Waals surface area contributed by atoms with Gasteiger partial charge in [-0.15, -0.1) is 0 Å². The second-order valence-corrected chi connectivity index (χ2v) is 12.0. The average molecular weight is 693 g/mol. The molecule has 3 aromatic carbocycles. The number of hydrogen-bond acceptors (Lipinski definition) is 6. The Morgan fingerprint density at radius 3 is 1.38 bits per heavy atom. The maximum absolute atomic E-state index is 12.6. The summed E-state index contributed by atoms with van der Waals surface area (Å²) in [5.41, 5.74) is 11.6. The molecule has 12 heteroatoms. The fourth-order valence-corrected chi connectivity index (χ4v) is 5.59. The monoisotopic (exact) mass is 692 g/mol. The number of carbonyl (C=O) groups excluding carboxylic acids is 2. The highest BCUT2D eigenvalue weighted by Gasteiger charge is 2.15. The molecular formula is C40H36N8O4+2. The van der Waals surface area contributed by atoms with Crippen molar-refractivity contribution in [1.29, 1.82) is 0 Å². The Hall–Kier alpha value is -7.08. The Labute approximate surface area is 299 Å². The van der Waals surface area contributed by atoms with Crippen molar-refractivity contribution in [1.82, 2.24) is 20.0 Å². The van der Waals surface area contributed by atoms with E-state index in [0.717, 1.165) is 45.3 Å². The van der Waals surface area contributed by atoms with Gasteiger partial charge in [-0.2, -0.15) is 10.2 Å². The Balaban J connectivity index is 0.842. The number of rotatable bonds is 12. The van der Waals surface area contributed by atoms with Gasteiger partial charge in [0.1, 0.15) is 23.9 Å². The van der Waals surface area contributed by atoms with Crippen LogP contribution in [0.3, 0.4) is 0 Å². The largest absolute Gasteiger partial charge is 0.485 e. The van der Waals surface area contributed by atoms with Gasteiger partial charge in [0.25, 0.3) is 23.1 Å². The molecule has 0 radical (unpaired) electrons. The lowest BCUT2D eigenvalue weighted by molar-refractivity contribution is -0.511. The molecule has 2 amide bonds. The van der Waals surface area contributed by atoms with Crippen LogP contribution in [0.2, 0.25) is 0 Å². The Bertz CT molecular complexity index is 2240. The van der Waals surface area contributed by atoms with Crippen LogP contribution in [0.5, 0.6) is 11.5 Å². The van der Waals surface area contributed by atoms with Crippen LogP contribution in [0.1, 0.15) is 43.2 Å². The van der Waals surface area contributed by atoms with Crippen molar-refractivity contribution in [2.45, 2.75) is 13.2 Å². The molecule has 0 saturated heterocycles. The van der Waals surface area contributed by atoms with Crippen molar-refractivity contribution in [3.8, 4) is 11.5 Å². The third kappa shape index (κ3) is 7.71. The van der Waals surface area contributed by atoms with Crippen molar-refractivity contribution in [2.24, 2.45) is 24.3 Å². The summed E-state index contributed by atoms with van der Waals surface area (Å²) in [5.74, 6) is 0.632. The molecule has 2 N–H and O–H groups in total. The zero-order valence-corrected chi connectivity index (χ0v) is 28.6. The van der Waals surface area contributed by atoms with Crippen LogP contribution in [0.25, 0.3) is 11.3 Å². The minimum Gasteiger partial charge on any atom is -0.485 e. The van der Waals surface area contributed by atoms with E-state index >= 15 is 0 Å². The molecule has 0 aliphatic heterocycles. The molecule has 0 fully saturated rings. The van der Waals surface area contributed by atoms with E-state index in [0.29, 0.717) is 24.3 Å². The van der Waals surface area contributed by atoms with Gasteiger partial charge in [-0.25, -0.2) is 28.8 Å². The second kappa shape index (κ2) is 15.2. The maximum atomic E-state index is 12.6. The molecule has 0 bridgehead atoms. The van der Waals surface area contributed by atoms with Gasteiger partial charge in [-0.1, -0.05) is 12.1 Å².